The number of hydrogen-bond donors (Lipinski definition) is 1. The number of aryl methyl sites for hydroxylation is 1. The SMILES string of the molecule is Cc1cc(/C=C2\SC(=Nc3ccc(Cl)c(Cl)c3)NC2=O)c(C)n1-c1ccc(Cl)cc1. The van der Waals surface area contributed by atoms with Gasteiger partial charge in [-0.1, -0.05) is 34.8 Å². The van der Waals surface area contributed by atoms with Crippen molar-refractivity contribution < 1.29 is 4.79 Å². The van der Waals surface area contributed by atoms with Crippen LogP contribution in [0.5, 0.6) is 0 Å². The summed E-state index contributed by atoms with van der Waals surface area (Å²) in [6.07, 6.45) is 1.88. The number of halogens is 3. The summed E-state index contributed by atoms with van der Waals surface area (Å²) in [5.74, 6) is -0.185. The topological polar surface area (TPSA) is 46.4 Å². The average Bonchev–Trinajstić information content (AvgIpc) is 3.18. The van der Waals surface area contributed by atoms with E-state index in [1.807, 2.05) is 44.2 Å². The summed E-state index contributed by atoms with van der Waals surface area (Å²) in [5.41, 5.74) is 4.70. The highest BCUT2D eigenvalue weighted by molar-refractivity contribution is 8.18. The van der Waals surface area contributed by atoms with Crippen LogP contribution in [0.1, 0.15) is 17.0 Å². The Bertz CT molecular complexity index is 1210. The molecule has 4 rings (SSSR count). The fourth-order valence-electron chi connectivity index (χ4n) is 3.21. The Morgan fingerprint density at radius 3 is 2.43 bits per heavy atom. The number of hydrogen-bond acceptors (Lipinski definition) is 3. The predicted octanol–water partition coefficient (Wildman–Crippen LogP) is 6.95. The molecule has 1 N–H and O–H groups in total. The summed E-state index contributed by atoms with van der Waals surface area (Å²) < 4.78 is 2.13. The number of carbonyl (C=O) groups is 1. The molecule has 1 aromatic heterocycles. The number of rotatable bonds is 3. The number of amides is 1. The minimum absolute atomic E-state index is 0.185. The number of nitrogens with zero attached hydrogens (tertiary/aromatic N) is 2. The van der Waals surface area contributed by atoms with Crippen LogP contribution in [0.4, 0.5) is 5.69 Å². The van der Waals surface area contributed by atoms with Crippen molar-refractivity contribution in [2.24, 2.45) is 4.99 Å². The number of amidine groups is 1. The lowest BCUT2D eigenvalue weighted by molar-refractivity contribution is -0.115. The molecule has 2 heterocycles. The monoisotopic (exact) mass is 475 g/mol. The van der Waals surface area contributed by atoms with E-state index in [0.29, 0.717) is 30.8 Å². The third-order valence-corrected chi connectivity index (χ3v) is 6.53. The van der Waals surface area contributed by atoms with Crippen molar-refractivity contribution in [3.05, 3.63) is 85.5 Å². The van der Waals surface area contributed by atoms with Crippen molar-refractivity contribution in [1.29, 1.82) is 0 Å². The number of aliphatic imine (C=N–C) groups is 1. The molecule has 3 aromatic rings. The zero-order chi connectivity index (χ0) is 21.4. The Hall–Kier alpha value is -2.18. The van der Waals surface area contributed by atoms with E-state index in [-0.39, 0.29) is 5.91 Å². The van der Waals surface area contributed by atoms with Crippen molar-refractivity contribution in [3.8, 4) is 5.69 Å². The number of aromatic nitrogens is 1. The molecule has 1 amide bonds. The zero-order valence-electron chi connectivity index (χ0n) is 16.0. The minimum atomic E-state index is -0.185. The largest absolute Gasteiger partial charge is 0.318 e. The molecule has 8 heteroatoms. The lowest BCUT2D eigenvalue weighted by atomic mass is 10.2. The Balaban J connectivity index is 1.63. The molecule has 0 saturated carbocycles. The molecule has 4 nitrogen and oxygen atoms in total. The van der Waals surface area contributed by atoms with Crippen LogP contribution in [0.2, 0.25) is 15.1 Å². The second kappa shape index (κ2) is 8.52. The van der Waals surface area contributed by atoms with E-state index < -0.39 is 0 Å². The number of benzene rings is 2. The first kappa shape index (κ1) is 21.1. The van der Waals surface area contributed by atoms with Gasteiger partial charge in [0.15, 0.2) is 5.17 Å². The normalized spacial score (nSPS) is 16.5. The molecule has 1 aliphatic heterocycles. The lowest BCUT2D eigenvalue weighted by Gasteiger charge is -2.09. The number of carbonyl (C=O) groups excluding carboxylic acids is 1. The second-order valence-electron chi connectivity index (χ2n) is 6.72. The summed E-state index contributed by atoms with van der Waals surface area (Å²) >= 11 is 19.3. The maximum absolute atomic E-state index is 12.5. The Labute approximate surface area is 193 Å². The van der Waals surface area contributed by atoms with Gasteiger partial charge in [-0.05, 0) is 85.8 Å². The summed E-state index contributed by atoms with van der Waals surface area (Å²) in [4.78, 5) is 17.5. The molecular weight excluding hydrogens is 461 g/mol. The van der Waals surface area contributed by atoms with Crippen LogP contribution >= 0.6 is 46.6 Å². The fraction of sp³-hybridized carbons (Fsp3) is 0.0909. The maximum atomic E-state index is 12.5. The van der Waals surface area contributed by atoms with E-state index in [4.69, 9.17) is 34.8 Å². The van der Waals surface area contributed by atoms with Crippen molar-refractivity contribution in [2.75, 3.05) is 0 Å². The van der Waals surface area contributed by atoms with Gasteiger partial charge in [-0.3, -0.25) is 4.79 Å². The van der Waals surface area contributed by atoms with E-state index in [0.717, 1.165) is 22.6 Å². The van der Waals surface area contributed by atoms with Gasteiger partial charge in [-0.2, -0.15) is 0 Å². The lowest BCUT2D eigenvalue weighted by Crippen LogP contribution is -2.19. The molecule has 0 aliphatic carbocycles. The van der Waals surface area contributed by atoms with Gasteiger partial charge in [-0.25, -0.2) is 4.99 Å². The van der Waals surface area contributed by atoms with E-state index in [1.165, 1.54) is 11.8 Å². The zero-order valence-corrected chi connectivity index (χ0v) is 19.1. The summed E-state index contributed by atoms with van der Waals surface area (Å²) in [6, 6.07) is 14.8. The number of nitrogens with one attached hydrogen (secondary N) is 1. The van der Waals surface area contributed by atoms with Crippen LogP contribution in [-0.4, -0.2) is 15.6 Å². The van der Waals surface area contributed by atoms with Crippen molar-refractivity contribution in [2.45, 2.75) is 13.8 Å². The highest BCUT2D eigenvalue weighted by atomic mass is 35.5. The first-order valence-electron chi connectivity index (χ1n) is 9.01. The molecule has 1 fully saturated rings. The van der Waals surface area contributed by atoms with Crippen molar-refractivity contribution in [1.82, 2.24) is 9.88 Å². The van der Waals surface area contributed by atoms with Gasteiger partial charge >= 0.3 is 0 Å². The van der Waals surface area contributed by atoms with Crippen LogP contribution in [0.3, 0.4) is 0 Å². The van der Waals surface area contributed by atoms with Crippen LogP contribution in [-0.2, 0) is 4.79 Å². The van der Waals surface area contributed by atoms with Gasteiger partial charge in [0, 0.05) is 22.1 Å². The van der Waals surface area contributed by atoms with Gasteiger partial charge < -0.3 is 9.88 Å². The molecular formula is C22H16Cl3N3OS. The summed E-state index contributed by atoms with van der Waals surface area (Å²) in [7, 11) is 0. The van der Waals surface area contributed by atoms with Crippen LogP contribution in [0, 0.1) is 13.8 Å². The van der Waals surface area contributed by atoms with E-state index in [1.54, 1.807) is 18.2 Å². The Kier molecular flexibility index (Phi) is 5.98. The first-order valence-corrected chi connectivity index (χ1v) is 11.0. The van der Waals surface area contributed by atoms with Crippen molar-refractivity contribution >= 4 is 69.4 Å². The predicted molar refractivity (Wildman–Crippen MR) is 128 cm³/mol. The second-order valence-corrected chi connectivity index (χ2v) is 9.00. The van der Waals surface area contributed by atoms with Gasteiger partial charge in [0.2, 0.25) is 0 Å². The Morgan fingerprint density at radius 1 is 1.00 bits per heavy atom. The van der Waals surface area contributed by atoms with Gasteiger partial charge in [0.1, 0.15) is 0 Å². The van der Waals surface area contributed by atoms with Crippen LogP contribution in [0.15, 0.2) is 58.4 Å². The van der Waals surface area contributed by atoms with Gasteiger partial charge in [0.25, 0.3) is 5.91 Å². The molecule has 0 atom stereocenters. The standard InChI is InChI=1S/C22H16Cl3N3OS/c1-12-9-14(13(2)28(12)17-6-3-15(23)4-7-17)10-20-21(29)27-22(30-20)26-16-5-8-18(24)19(25)11-16/h3-11H,1-2H3,(H,26,27,29)/b20-10-. The highest BCUT2D eigenvalue weighted by Gasteiger charge is 2.24. The first-order chi connectivity index (χ1) is 14.3. The Morgan fingerprint density at radius 2 is 1.73 bits per heavy atom. The third-order valence-electron chi connectivity index (χ3n) is 4.63. The molecule has 0 unspecified atom stereocenters. The molecule has 1 saturated heterocycles. The fourth-order valence-corrected chi connectivity index (χ4v) is 4.47. The smallest absolute Gasteiger partial charge is 0.264 e. The minimum Gasteiger partial charge on any atom is -0.318 e. The van der Waals surface area contributed by atoms with Crippen molar-refractivity contribution in [3.63, 3.8) is 0 Å². The molecule has 30 heavy (non-hydrogen) atoms. The average molecular weight is 477 g/mol. The molecule has 0 bridgehead atoms. The van der Waals surface area contributed by atoms with E-state index in [9.17, 15) is 4.79 Å². The summed E-state index contributed by atoms with van der Waals surface area (Å²) in [5, 5.41) is 4.85. The summed E-state index contributed by atoms with van der Waals surface area (Å²) in [6.45, 7) is 4.05. The van der Waals surface area contributed by atoms with E-state index >= 15 is 0 Å². The molecule has 1 aliphatic rings. The molecule has 0 spiro atoms. The van der Waals surface area contributed by atoms with Crippen LogP contribution < -0.4 is 5.32 Å². The maximum Gasteiger partial charge on any atom is 0.264 e. The molecule has 0 radical (unpaired) electrons. The molecule has 2 aromatic carbocycles. The number of thioether (sulfide) groups is 1. The van der Waals surface area contributed by atoms with Gasteiger partial charge in [0.05, 0.1) is 20.6 Å². The van der Waals surface area contributed by atoms with Crippen LogP contribution in [0.25, 0.3) is 11.8 Å². The highest BCUT2D eigenvalue weighted by Crippen LogP contribution is 2.32. The quantitative estimate of drug-likeness (QED) is 0.416. The van der Waals surface area contributed by atoms with Gasteiger partial charge in [-0.15, -0.1) is 0 Å². The molecule has 152 valence electrons. The third kappa shape index (κ3) is 4.30. The van der Waals surface area contributed by atoms with E-state index in [2.05, 4.69) is 20.9 Å².